The first-order chi connectivity index (χ1) is 9.06. The summed E-state index contributed by atoms with van der Waals surface area (Å²) < 4.78 is 34.0. The fourth-order valence-electron chi connectivity index (χ4n) is 1.63. The summed E-state index contributed by atoms with van der Waals surface area (Å²) in [7, 11) is 1.42. The van der Waals surface area contributed by atoms with Gasteiger partial charge in [-0.3, -0.25) is 0 Å². The van der Waals surface area contributed by atoms with E-state index in [0.717, 1.165) is 24.2 Å². The number of methoxy groups -OCH3 is 1. The van der Waals surface area contributed by atoms with Crippen molar-refractivity contribution < 1.29 is 18.3 Å². The van der Waals surface area contributed by atoms with Crippen LogP contribution in [0.15, 0.2) is 23.8 Å². The van der Waals surface area contributed by atoms with Crippen LogP contribution in [0, 0.1) is 0 Å². The van der Waals surface area contributed by atoms with Crippen LogP contribution in [-0.4, -0.2) is 26.8 Å². The van der Waals surface area contributed by atoms with Crippen molar-refractivity contribution in [3.63, 3.8) is 0 Å². The van der Waals surface area contributed by atoms with Crippen molar-refractivity contribution in [2.24, 2.45) is 0 Å². The van der Waals surface area contributed by atoms with E-state index in [1.54, 1.807) is 18.2 Å². The van der Waals surface area contributed by atoms with Gasteiger partial charge in [0.1, 0.15) is 0 Å². The van der Waals surface area contributed by atoms with Crippen molar-refractivity contribution in [1.82, 2.24) is 5.32 Å². The molecule has 19 heavy (non-hydrogen) atoms. The van der Waals surface area contributed by atoms with Crippen LogP contribution in [0.1, 0.15) is 19.4 Å². The molecular formula is C14H19F2NO2. The lowest BCUT2D eigenvalue weighted by atomic mass is 10.1. The molecule has 0 aliphatic heterocycles. The summed E-state index contributed by atoms with van der Waals surface area (Å²) in [6.45, 7) is 2.77. The predicted molar refractivity (Wildman–Crippen MR) is 71.8 cm³/mol. The minimum Gasteiger partial charge on any atom is -0.493 e. The van der Waals surface area contributed by atoms with Crippen LogP contribution in [0.25, 0.3) is 6.08 Å². The third-order valence-electron chi connectivity index (χ3n) is 2.47. The summed E-state index contributed by atoms with van der Waals surface area (Å²) in [6.07, 6.45) is 1.92. The zero-order chi connectivity index (χ0) is 14.3. The second kappa shape index (κ2) is 7.74. The summed E-state index contributed by atoms with van der Waals surface area (Å²) in [5.74, 6) is 0.337. The van der Waals surface area contributed by atoms with Crippen LogP contribution in [-0.2, 0) is 0 Å². The largest absolute Gasteiger partial charge is 0.493 e. The van der Waals surface area contributed by atoms with Gasteiger partial charge in [-0.2, -0.15) is 8.78 Å². The van der Waals surface area contributed by atoms with E-state index < -0.39 is 6.61 Å². The Morgan fingerprint density at radius 3 is 2.68 bits per heavy atom. The van der Waals surface area contributed by atoms with Gasteiger partial charge < -0.3 is 14.8 Å². The van der Waals surface area contributed by atoms with E-state index in [1.165, 1.54) is 7.11 Å². The van der Waals surface area contributed by atoms with Gasteiger partial charge in [0.05, 0.1) is 7.11 Å². The molecule has 0 heterocycles. The highest BCUT2D eigenvalue weighted by Crippen LogP contribution is 2.30. The molecule has 106 valence electrons. The van der Waals surface area contributed by atoms with Gasteiger partial charge in [-0.05, 0) is 31.2 Å². The van der Waals surface area contributed by atoms with Crippen molar-refractivity contribution in [2.75, 3.05) is 20.2 Å². The molecule has 3 nitrogen and oxygen atoms in total. The number of nitrogens with one attached hydrogen (secondary N) is 1. The number of likely N-dealkylation sites (N-methyl/N-ethyl adjacent to an activating group) is 1. The molecule has 0 spiro atoms. The van der Waals surface area contributed by atoms with Crippen molar-refractivity contribution in [3.8, 4) is 11.5 Å². The third-order valence-corrected chi connectivity index (χ3v) is 2.47. The molecule has 0 amide bonds. The van der Waals surface area contributed by atoms with Gasteiger partial charge in [0.25, 0.3) is 0 Å². The molecule has 0 saturated carbocycles. The molecular weight excluding hydrogens is 252 g/mol. The Morgan fingerprint density at radius 1 is 1.37 bits per heavy atom. The number of rotatable bonds is 7. The zero-order valence-corrected chi connectivity index (χ0v) is 11.4. The molecule has 0 aliphatic carbocycles. The smallest absolute Gasteiger partial charge is 0.387 e. The van der Waals surface area contributed by atoms with E-state index in [0.29, 0.717) is 5.75 Å². The van der Waals surface area contributed by atoms with Crippen LogP contribution >= 0.6 is 0 Å². The lowest BCUT2D eigenvalue weighted by Gasteiger charge is -2.10. The lowest BCUT2D eigenvalue weighted by molar-refractivity contribution is -0.0512. The first-order valence-electron chi connectivity index (χ1n) is 6.07. The molecule has 0 radical (unpaired) electrons. The van der Waals surface area contributed by atoms with Crippen LogP contribution in [0.2, 0.25) is 0 Å². The van der Waals surface area contributed by atoms with Crippen LogP contribution in [0.3, 0.4) is 0 Å². The Kier molecular flexibility index (Phi) is 6.29. The van der Waals surface area contributed by atoms with E-state index in [1.807, 2.05) is 19.9 Å². The summed E-state index contributed by atoms with van der Waals surface area (Å²) in [5.41, 5.74) is 1.90. The molecule has 0 atom stereocenters. The molecule has 0 aromatic heterocycles. The van der Waals surface area contributed by atoms with Crippen molar-refractivity contribution in [1.29, 1.82) is 0 Å². The number of benzene rings is 1. The molecule has 5 heteroatoms. The first kappa shape index (κ1) is 15.4. The van der Waals surface area contributed by atoms with Gasteiger partial charge in [0.15, 0.2) is 11.5 Å². The van der Waals surface area contributed by atoms with Gasteiger partial charge >= 0.3 is 6.61 Å². The fourth-order valence-corrected chi connectivity index (χ4v) is 1.63. The standard InChI is InChI=1S/C14H19F2NO2/c1-4-17-9-10(2)7-11-5-6-12(18-3)13(8-11)19-14(15)16/h5-8,14,17H,4,9H2,1-3H3. The summed E-state index contributed by atoms with van der Waals surface area (Å²) in [6, 6.07) is 4.96. The van der Waals surface area contributed by atoms with E-state index in [-0.39, 0.29) is 5.75 Å². The molecule has 1 N–H and O–H groups in total. The molecule has 0 saturated heterocycles. The lowest BCUT2D eigenvalue weighted by Crippen LogP contribution is -2.14. The van der Waals surface area contributed by atoms with Crippen molar-refractivity contribution >= 4 is 6.08 Å². The molecule has 1 aromatic carbocycles. The summed E-state index contributed by atoms with van der Waals surface area (Å²) >= 11 is 0. The average Bonchev–Trinajstić information content (AvgIpc) is 2.36. The zero-order valence-electron chi connectivity index (χ0n) is 11.4. The van der Waals surface area contributed by atoms with Crippen LogP contribution < -0.4 is 14.8 Å². The van der Waals surface area contributed by atoms with Gasteiger partial charge in [-0.1, -0.05) is 24.6 Å². The minimum absolute atomic E-state index is 0.0440. The highest BCUT2D eigenvalue weighted by atomic mass is 19.3. The molecule has 0 bridgehead atoms. The second-order valence-electron chi connectivity index (χ2n) is 4.06. The Bertz CT molecular complexity index is 433. The van der Waals surface area contributed by atoms with E-state index in [4.69, 9.17) is 4.74 Å². The van der Waals surface area contributed by atoms with E-state index in [9.17, 15) is 8.78 Å². The van der Waals surface area contributed by atoms with Crippen LogP contribution in [0.5, 0.6) is 11.5 Å². The number of ether oxygens (including phenoxy) is 2. The monoisotopic (exact) mass is 271 g/mol. The quantitative estimate of drug-likeness (QED) is 0.825. The predicted octanol–water partition coefficient (Wildman–Crippen LogP) is 3.31. The maximum Gasteiger partial charge on any atom is 0.387 e. The summed E-state index contributed by atoms with van der Waals surface area (Å²) in [5, 5.41) is 3.19. The molecule has 0 unspecified atom stereocenters. The number of halogens is 2. The molecule has 1 aromatic rings. The fraction of sp³-hybridized carbons (Fsp3) is 0.429. The first-order valence-corrected chi connectivity index (χ1v) is 6.07. The van der Waals surface area contributed by atoms with E-state index in [2.05, 4.69) is 10.1 Å². The number of hydrogen-bond acceptors (Lipinski definition) is 3. The van der Waals surface area contributed by atoms with Crippen LogP contribution in [0.4, 0.5) is 8.78 Å². The van der Waals surface area contributed by atoms with Gasteiger partial charge in [-0.15, -0.1) is 0 Å². The highest BCUT2D eigenvalue weighted by molar-refractivity contribution is 5.58. The van der Waals surface area contributed by atoms with E-state index >= 15 is 0 Å². The molecule has 1 rings (SSSR count). The minimum atomic E-state index is -2.86. The van der Waals surface area contributed by atoms with Gasteiger partial charge in [-0.25, -0.2) is 0 Å². The van der Waals surface area contributed by atoms with Gasteiger partial charge in [0.2, 0.25) is 0 Å². The van der Waals surface area contributed by atoms with Gasteiger partial charge in [0, 0.05) is 6.54 Å². The Hall–Kier alpha value is -1.62. The maximum atomic E-state index is 12.3. The SMILES string of the molecule is CCNCC(C)=Cc1ccc(OC)c(OC(F)F)c1. The maximum absolute atomic E-state index is 12.3. The summed E-state index contributed by atoms with van der Waals surface area (Å²) in [4.78, 5) is 0. The Morgan fingerprint density at radius 2 is 2.11 bits per heavy atom. The number of alkyl halides is 2. The average molecular weight is 271 g/mol. The Balaban J connectivity index is 2.91. The van der Waals surface area contributed by atoms with Crippen molar-refractivity contribution in [2.45, 2.75) is 20.5 Å². The normalized spacial score (nSPS) is 11.8. The number of hydrogen-bond donors (Lipinski definition) is 1. The Labute approximate surface area is 112 Å². The highest BCUT2D eigenvalue weighted by Gasteiger charge is 2.10. The topological polar surface area (TPSA) is 30.5 Å². The van der Waals surface area contributed by atoms with Crippen molar-refractivity contribution in [3.05, 3.63) is 29.3 Å². The third kappa shape index (κ3) is 5.26. The molecule has 0 fully saturated rings. The second-order valence-corrected chi connectivity index (χ2v) is 4.06. The molecule has 0 aliphatic rings.